The van der Waals surface area contributed by atoms with Gasteiger partial charge in [0.05, 0.1) is 22.4 Å². The van der Waals surface area contributed by atoms with E-state index in [9.17, 15) is 21.6 Å². The van der Waals surface area contributed by atoms with E-state index >= 15 is 0 Å². The fourth-order valence-electron chi connectivity index (χ4n) is 2.07. The maximum absolute atomic E-state index is 12.6. The van der Waals surface area contributed by atoms with E-state index < -0.39 is 21.8 Å². The van der Waals surface area contributed by atoms with E-state index in [0.29, 0.717) is 11.3 Å². The molecular weight excluding hydrogens is 343 g/mol. The number of halogens is 3. The average molecular weight is 357 g/mol. The first-order chi connectivity index (χ1) is 11.2. The van der Waals surface area contributed by atoms with E-state index in [2.05, 4.69) is 5.10 Å². The van der Waals surface area contributed by atoms with Crippen LogP contribution in [0.15, 0.2) is 58.5 Å². The molecule has 24 heavy (non-hydrogen) atoms. The van der Waals surface area contributed by atoms with Gasteiger partial charge in [0.2, 0.25) is 0 Å². The van der Waals surface area contributed by atoms with Crippen molar-refractivity contribution in [3.8, 4) is 0 Å². The van der Waals surface area contributed by atoms with E-state index in [4.69, 9.17) is 5.84 Å². The Balaban J connectivity index is 2.44. The molecule has 0 bridgehead atoms. The van der Waals surface area contributed by atoms with Crippen LogP contribution in [0.25, 0.3) is 0 Å². The first kappa shape index (κ1) is 17.8. The summed E-state index contributed by atoms with van der Waals surface area (Å²) in [7, 11) is -2.73. The van der Waals surface area contributed by atoms with Crippen LogP contribution in [-0.2, 0) is 16.2 Å². The third-order valence-corrected chi connectivity index (χ3v) is 5.12. The lowest BCUT2D eigenvalue weighted by Crippen LogP contribution is -2.27. The summed E-state index contributed by atoms with van der Waals surface area (Å²) >= 11 is 0. The Morgan fingerprint density at radius 1 is 1.08 bits per heavy atom. The largest absolute Gasteiger partial charge is 0.416 e. The standard InChI is InChI=1S/C15H14F3N3O2S/c1-21(14-5-3-2-4-11(14)10-20-19)24(22,23)13-8-6-12(7-9-13)15(16,17)18/h2-10H,19H2,1H3/b20-10+. The zero-order valence-corrected chi connectivity index (χ0v) is 13.3. The summed E-state index contributed by atoms with van der Waals surface area (Å²) in [6, 6.07) is 9.77. The molecule has 2 aromatic carbocycles. The van der Waals surface area contributed by atoms with Gasteiger partial charge < -0.3 is 5.84 Å². The van der Waals surface area contributed by atoms with E-state index in [1.165, 1.54) is 13.3 Å². The molecule has 2 rings (SSSR count). The monoisotopic (exact) mass is 357 g/mol. The second-order valence-electron chi connectivity index (χ2n) is 4.83. The Morgan fingerprint density at radius 2 is 1.67 bits per heavy atom. The maximum Gasteiger partial charge on any atom is 0.416 e. The number of sulfonamides is 1. The third-order valence-electron chi connectivity index (χ3n) is 3.33. The predicted molar refractivity (Wildman–Crippen MR) is 85.3 cm³/mol. The summed E-state index contributed by atoms with van der Waals surface area (Å²) in [5.41, 5.74) is -0.163. The van der Waals surface area contributed by atoms with Gasteiger partial charge in [-0.1, -0.05) is 18.2 Å². The minimum absolute atomic E-state index is 0.252. The first-order valence-electron chi connectivity index (χ1n) is 6.66. The van der Waals surface area contributed by atoms with Gasteiger partial charge in [0, 0.05) is 12.6 Å². The Bertz CT molecular complexity index is 847. The van der Waals surface area contributed by atoms with E-state index in [1.807, 2.05) is 0 Å². The van der Waals surface area contributed by atoms with Crippen molar-refractivity contribution >= 4 is 21.9 Å². The Morgan fingerprint density at radius 3 is 2.21 bits per heavy atom. The molecule has 0 aliphatic heterocycles. The van der Waals surface area contributed by atoms with Gasteiger partial charge >= 0.3 is 6.18 Å². The Labute approximate surface area is 137 Å². The van der Waals surface area contributed by atoms with Crippen LogP contribution in [0, 0.1) is 0 Å². The van der Waals surface area contributed by atoms with E-state index in [0.717, 1.165) is 28.6 Å². The molecule has 0 aliphatic rings. The van der Waals surface area contributed by atoms with Crippen molar-refractivity contribution in [1.82, 2.24) is 0 Å². The second kappa shape index (κ2) is 6.52. The number of para-hydroxylation sites is 1. The number of rotatable bonds is 4. The number of nitrogens with two attached hydrogens (primary N) is 1. The van der Waals surface area contributed by atoms with Crippen molar-refractivity contribution in [1.29, 1.82) is 0 Å². The highest BCUT2D eigenvalue weighted by molar-refractivity contribution is 7.92. The smallest absolute Gasteiger partial charge is 0.323 e. The normalized spacial score (nSPS) is 12.5. The fourth-order valence-corrected chi connectivity index (χ4v) is 3.29. The number of hydrogen-bond acceptors (Lipinski definition) is 4. The minimum Gasteiger partial charge on any atom is -0.323 e. The van der Waals surface area contributed by atoms with Gasteiger partial charge in [-0.15, -0.1) is 0 Å². The van der Waals surface area contributed by atoms with Crippen molar-refractivity contribution in [3.63, 3.8) is 0 Å². The average Bonchev–Trinajstić information content (AvgIpc) is 2.54. The zero-order chi connectivity index (χ0) is 18.0. The van der Waals surface area contributed by atoms with Crippen LogP contribution in [0.2, 0.25) is 0 Å². The zero-order valence-electron chi connectivity index (χ0n) is 12.5. The van der Waals surface area contributed by atoms with Crippen LogP contribution in [-0.4, -0.2) is 21.7 Å². The summed E-state index contributed by atoms with van der Waals surface area (Å²) in [4.78, 5) is -0.252. The van der Waals surface area contributed by atoms with E-state index in [-0.39, 0.29) is 4.90 Å². The van der Waals surface area contributed by atoms with Crippen LogP contribution in [0.1, 0.15) is 11.1 Å². The molecular formula is C15H14F3N3O2S. The SMILES string of the molecule is CN(c1ccccc1/C=N/N)S(=O)(=O)c1ccc(C(F)(F)F)cc1. The molecule has 0 spiro atoms. The topological polar surface area (TPSA) is 75.8 Å². The van der Waals surface area contributed by atoms with Gasteiger partial charge in [-0.2, -0.15) is 18.3 Å². The van der Waals surface area contributed by atoms with Gasteiger partial charge in [0.15, 0.2) is 0 Å². The van der Waals surface area contributed by atoms with E-state index in [1.54, 1.807) is 24.3 Å². The predicted octanol–water partition coefficient (Wildman–Crippen LogP) is 2.82. The number of hydrazone groups is 1. The van der Waals surface area contributed by atoms with Gasteiger partial charge in [-0.05, 0) is 30.3 Å². The summed E-state index contributed by atoms with van der Waals surface area (Å²) in [6.45, 7) is 0. The summed E-state index contributed by atoms with van der Waals surface area (Å²) in [6.07, 6.45) is -3.24. The highest BCUT2D eigenvalue weighted by atomic mass is 32.2. The molecule has 5 nitrogen and oxygen atoms in total. The minimum atomic E-state index is -4.53. The van der Waals surface area contributed by atoms with Crippen molar-refractivity contribution in [2.24, 2.45) is 10.9 Å². The fraction of sp³-hybridized carbons (Fsp3) is 0.133. The number of anilines is 1. The number of hydrogen-bond donors (Lipinski definition) is 1. The molecule has 0 aliphatic carbocycles. The molecule has 0 radical (unpaired) electrons. The quantitative estimate of drug-likeness (QED) is 0.519. The van der Waals surface area contributed by atoms with Gasteiger partial charge in [0.1, 0.15) is 0 Å². The summed E-state index contributed by atoms with van der Waals surface area (Å²) < 4.78 is 64.0. The molecule has 9 heteroatoms. The highest BCUT2D eigenvalue weighted by Gasteiger charge is 2.31. The molecule has 0 saturated carbocycles. The first-order valence-corrected chi connectivity index (χ1v) is 8.10. The molecule has 2 aromatic rings. The van der Waals surface area contributed by atoms with Crippen molar-refractivity contribution < 1.29 is 21.6 Å². The molecule has 0 fully saturated rings. The number of alkyl halides is 3. The Kier molecular flexibility index (Phi) is 4.83. The molecule has 0 unspecified atom stereocenters. The van der Waals surface area contributed by atoms with Crippen molar-refractivity contribution in [2.45, 2.75) is 11.1 Å². The summed E-state index contributed by atoms with van der Waals surface area (Å²) in [5.74, 6) is 5.10. The van der Waals surface area contributed by atoms with Crippen LogP contribution >= 0.6 is 0 Å². The van der Waals surface area contributed by atoms with Crippen molar-refractivity contribution in [2.75, 3.05) is 11.4 Å². The van der Waals surface area contributed by atoms with Crippen LogP contribution < -0.4 is 10.1 Å². The molecule has 0 amide bonds. The summed E-state index contributed by atoms with van der Waals surface area (Å²) in [5, 5.41) is 3.37. The van der Waals surface area contributed by atoms with Crippen LogP contribution in [0.3, 0.4) is 0 Å². The molecule has 128 valence electrons. The number of nitrogens with zero attached hydrogens (tertiary/aromatic N) is 2. The highest BCUT2D eigenvalue weighted by Crippen LogP contribution is 2.31. The van der Waals surface area contributed by atoms with Crippen LogP contribution in [0.4, 0.5) is 18.9 Å². The molecule has 0 aromatic heterocycles. The van der Waals surface area contributed by atoms with Crippen molar-refractivity contribution in [3.05, 3.63) is 59.7 Å². The van der Waals surface area contributed by atoms with Gasteiger partial charge in [0.25, 0.3) is 10.0 Å². The lowest BCUT2D eigenvalue weighted by atomic mass is 10.2. The molecule has 0 atom stereocenters. The molecule has 0 saturated heterocycles. The molecule has 2 N–H and O–H groups in total. The third kappa shape index (κ3) is 3.51. The maximum atomic E-state index is 12.6. The van der Waals surface area contributed by atoms with Gasteiger partial charge in [-0.3, -0.25) is 4.31 Å². The molecule has 0 heterocycles. The van der Waals surface area contributed by atoms with Crippen LogP contribution in [0.5, 0.6) is 0 Å². The Hall–Kier alpha value is -2.55. The van der Waals surface area contributed by atoms with Gasteiger partial charge in [-0.25, -0.2) is 8.42 Å². The number of benzene rings is 2. The lowest BCUT2D eigenvalue weighted by Gasteiger charge is -2.21. The lowest BCUT2D eigenvalue weighted by molar-refractivity contribution is -0.137. The second-order valence-corrected chi connectivity index (χ2v) is 6.80.